The number of rotatable bonds is 2. The fourth-order valence-corrected chi connectivity index (χ4v) is 3.10. The van der Waals surface area contributed by atoms with Gasteiger partial charge in [-0.3, -0.25) is 9.78 Å². The predicted molar refractivity (Wildman–Crippen MR) is 78.7 cm³/mol. The molecule has 1 aliphatic carbocycles. The maximum absolute atomic E-state index is 12.2. The van der Waals surface area contributed by atoms with Crippen molar-refractivity contribution in [3.05, 3.63) is 38.9 Å². The highest BCUT2D eigenvalue weighted by Crippen LogP contribution is 2.35. The molecule has 3 rings (SSSR count). The molecule has 0 aliphatic heterocycles. The van der Waals surface area contributed by atoms with Crippen molar-refractivity contribution in [2.75, 3.05) is 0 Å². The molecule has 0 saturated heterocycles. The van der Waals surface area contributed by atoms with Crippen molar-refractivity contribution >= 4 is 15.9 Å². The van der Waals surface area contributed by atoms with E-state index in [-0.39, 0.29) is 17.4 Å². The largest absolute Gasteiger partial charge is 0.493 e. The van der Waals surface area contributed by atoms with Gasteiger partial charge in [-0.25, -0.2) is 0 Å². The number of aromatic amines is 1. The van der Waals surface area contributed by atoms with Gasteiger partial charge in [-0.15, -0.1) is 0 Å². The van der Waals surface area contributed by atoms with Crippen LogP contribution in [0.15, 0.2) is 27.7 Å². The minimum Gasteiger partial charge on any atom is -0.493 e. The van der Waals surface area contributed by atoms with Gasteiger partial charge >= 0.3 is 0 Å². The van der Waals surface area contributed by atoms with Crippen LogP contribution in [-0.4, -0.2) is 20.1 Å². The van der Waals surface area contributed by atoms with Gasteiger partial charge in [-0.2, -0.15) is 4.98 Å². The summed E-state index contributed by atoms with van der Waals surface area (Å²) in [5.41, 5.74) is 0.832. The molecule has 0 radical (unpaired) electrons. The minimum atomic E-state index is -0.251. The highest BCUT2D eigenvalue weighted by Gasteiger charge is 2.24. The molecule has 2 N–H and O–H groups in total. The molecule has 1 fully saturated rings. The van der Waals surface area contributed by atoms with Gasteiger partial charge in [0.25, 0.3) is 5.56 Å². The number of aromatic nitrogens is 3. The lowest BCUT2D eigenvalue weighted by Crippen LogP contribution is -2.17. The number of hydrogen-bond donors (Lipinski definition) is 2. The third-order valence-electron chi connectivity index (χ3n) is 3.68. The van der Waals surface area contributed by atoms with Crippen molar-refractivity contribution < 1.29 is 5.11 Å². The molecule has 20 heavy (non-hydrogen) atoms. The van der Waals surface area contributed by atoms with E-state index in [1.165, 1.54) is 0 Å². The van der Waals surface area contributed by atoms with Crippen molar-refractivity contribution in [2.45, 2.75) is 31.6 Å². The lowest BCUT2D eigenvalue weighted by atomic mass is 10.00. The summed E-state index contributed by atoms with van der Waals surface area (Å²) < 4.78 is 0.789. The van der Waals surface area contributed by atoms with Crippen molar-refractivity contribution in [1.82, 2.24) is 15.0 Å². The first-order chi connectivity index (χ1) is 9.65. The molecule has 6 heteroatoms. The van der Waals surface area contributed by atoms with Crippen LogP contribution < -0.4 is 5.56 Å². The predicted octanol–water partition coefficient (Wildman–Crippen LogP) is 2.96. The fourth-order valence-electron chi connectivity index (χ4n) is 2.73. The molecule has 0 bridgehead atoms. The second-order valence-corrected chi connectivity index (χ2v) is 5.94. The molecule has 1 saturated carbocycles. The maximum atomic E-state index is 12.2. The van der Waals surface area contributed by atoms with Gasteiger partial charge < -0.3 is 10.1 Å². The average molecular weight is 336 g/mol. The van der Waals surface area contributed by atoms with Crippen LogP contribution >= 0.6 is 15.9 Å². The van der Waals surface area contributed by atoms with Crippen LogP contribution in [0, 0.1) is 0 Å². The van der Waals surface area contributed by atoms with Crippen LogP contribution in [0.4, 0.5) is 0 Å². The van der Waals surface area contributed by atoms with Crippen LogP contribution in [-0.2, 0) is 0 Å². The van der Waals surface area contributed by atoms with Crippen LogP contribution in [0.25, 0.3) is 11.4 Å². The second-order valence-electron chi connectivity index (χ2n) is 5.03. The Morgan fingerprint density at radius 2 is 2.05 bits per heavy atom. The number of H-pyrrole nitrogens is 1. The summed E-state index contributed by atoms with van der Waals surface area (Å²) >= 11 is 3.32. The van der Waals surface area contributed by atoms with E-state index in [9.17, 15) is 9.90 Å². The van der Waals surface area contributed by atoms with E-state index in [2.05, 4.69) is 30.9 Å². The Bertz CT molecular complexity index is 693. The summed E-state index contributed by atoms with van der Waals surface area (Å²) in [5.74, 6) is 0.305. The van der Waals surface area contributed by atoms with Crippen LogP contribution in [0.5, 0.6) is 5.88 Å². The molecule has 2 aromatic heterocycles. The van der Waals surface area contributed by atoms with E-state index >= 15 is 0 Å². The monoisotopic (exact) mass is 335 g/mol. The summed E-state index contributed by atoms with van der Waals surface area (Å²) in [6.07, 6.45) is 7.32. The Balaban J connectivity index is 2.05. The molecule has 0 aromatic carbocycles. The summed E-state index contributed by atoms with van der Waals surface area (Å²) in [5, 5.41) is 10.1. The molecule has 0 atom stereocenters. The molecule has 1 aliphatic rings. The average Bonchev–Trinajstić information content (AvgIpc) is 2.91. The lowest BCUT2D eigenvalue weighted by molar-refractivity contribution is 0.436. The van der Waals surface area contributed by atoms with E-state index in [1.807, 2.05) is 0 Å². The standard InChI is InChI=1S/C14H14BrN3O2/c15-10-5-9(6-16-7-10)12-17-13(19)11(14(20)18-12)8-3-1-2-4-8/h5-8H,1-4H2,(H2,17,18,19,20). The SMILES string of the molecule is O=c1[nH]c(-c2cncc(Br)c2)nc(O)c1C1CCCC1. The topological polar surface area (TPSA) is 78.9 Å². The third kappa shape index (κ3) is 2.47. The Morgan fingerprint density at radius 3 is 2.70 bits per heavy atom. The van der Waals surface area contributed by atoms with Gasteiger partial charge in [0.15, 0.2) is 0 Å². The summed E-state index contributed by atoms with van der Waals surface area (Å²) in [4.78, 5) is 23.1. The van der Waals surface area contributed by atoms with E-state index in [0.29, 0.717) is 17.0 Å². The Labute approximate surface area is 124 Å². The maximum Gasteiger partial charge on any atom is 0.258 e. The molecule has 0 amide bonds. The van der Waals surface area contributed by atoms with Gasteiger partial charge in [0.1, 0.15) is 5.82 Å². The first kappa shape index (κ1) is 13.3. The van der Waals surface area contributed by atoms with Gasteiger partial charge in [0, 0.05) is 22.4 Å². The Morgan fingerprint density at radius 1 is 1.30 bits per heavy atom. The quantitative estimate of drug-likeness (QED) is 0.884. The summed E-state index contributed by atoms with van der Waals surface area (Å²) in [6.45, 7) is 0. The number of hydrogen-bond acceptors (Lipinski definition) is 4. The van der Waals surface area contributed by atoms with Crippen molar-refractivity contribution in [3.63, 3.8) is 0 Å². The van der Waals surface area contributed by atoms with Gasteiger partial charge in [0.2, 0.25) is 5.88 Å². The van der Waals surface area contributed by atoms with Crippen molar-refractivity contribution in [2.24, 2.45) is 0 Å². The van der Waals surface area contributed by atoms with Gasteiger partial charge in [0.05, 0.1) is 5.56 Å². The zero-order valence-electron chi connectivity index (χ0n) is 10.8. The number of nitrogens with one attached hydrogen (secondary N) is 1. The molecule has 2 aromatic rings. The zero-order valence-corrected chi connectivity index (χ0v) is 12.4. The normalized spacial score (nSPS) is 15.7. The Kier molecular flexibility index (Phi) is 3.56. The van der Waals surface area contributed by atoms with Crippen molar-refractivity contribution in [1.29, 1.82) is 0 Å². The molecule has 0 spiro atoms. The fraction of sp³-hybridized carbons (Fsp3) is 0.357. The number of nitrogens with zero attached hydrogens (tertiary/aromatic N) is 2. The van der Waals surface area contributed by atoms with Gasteiger partial charge in [-0.05, 0) is 40.8 Å². The molecular formula is C14H14BrN3O2. The summed E-state index contributed by atoms with van der Waals surface area (Å²) in [6, 6.07) is 1.79. The first-order valence-electron chi connectivity index (χ1n) is 6.59. The molecule has 5 nitrogen and oxygen atoms in total. The lowest BCUT2D eigenvalue weighted by Gasteiger charge is -2.11. The summed E-state index contributed by atoms with van der Waals surface area (Å²) in [7, 11) is 0. The van der Waals surface area contributed by atoms with E-state index in [4.69, 9.17) is 0 Å². The van der Waals surface area contributed by atoms with Crippen molar-refractivity contribution in [3.8, 4) is 17.3 Å². The molecule has 2 heterocycles. The number of pyridine rings is 1. The minimum absolute atomic E-state index is 0.126. The molecule has 104 valence electrons. The molecule has 0 unspecified atom stereocenters. The van der Waals surface area contributed by atoms with E-state index < -0.39 is 0 Å². The van der Waals surface area contributed by atoms with E-state index in [0.717, 1.165) is 30.2 Å². The van der Waals surface area contributed by atoms with Gasteiger partial charge in [-0.1, -0.05) is 12.8 Å². The van der Waals surface area contributed by atoms with Crippen LogP contribution in [0.2, 0.25) is 0 Å². The Hall–Kier alpha value is -1.69. The highest BCUT2D eigenvalue weighted by molar-refractivity contribution is 9.10. The second kappa shape index (κ2) is 5.36. The smallest absolute Gasteiger partial charge is 0.258 e. The zero-order chi connectivity index (χ0) is 14.1. The first-order valence-corrected chi connectivity index (χ1v) is 7.38. The number of aromatic hydroxyl groups is 1. The van der Waals surface area contributed by atoms with E-state index in [1.54, 1.807) is 18.5 Å². The third-order valence-corrected chi connectivity index (χ3v) is 4.11. The van der Waals surface area contributed by atoms with Crippen LogP contribution in [0.1, 0.15) is 37.2 Å². The number of halogens is 1. The highest BCUT2D eigenvalue weighted by atomic mass is 79.9. The molecular weight excluding hydrogens is 322 g/mol. The van der Waals surface area contributed by atoms with Crippen LogP contribution in [0.3, 0.4) is 0 Å².